The normalized spacial score (nSPS) is 16.3. The average Bonchev–Trinajstić information content (AvgIpc) is 3.97. The molecule has 2 atom stereocenters. The average molecular weight is 755 g/mol. The number of thioether (sulfide) groups is 2. The lowest BCUT2D eigenvalue weighted by Gasteiger charge is -2.27. The van der Waals surface area contributed by atoms with E-state index in [1.165, 1.54) is 48.2 Å². The molecule has 266 valence electrons. The number of hydrogen-bond donors (Lipinski definition) is 0. The van der Waals surface area contributed by atoms with Crippen molar-refractivity contribution in [2.45, 2.75) is 10.5 Å². The third-order valence-electron chi connectivity index (χ3n) is 10.8. The van der Waals surface area contributed by atoms with Gasteiger partial charge in [-0.3, -0.25) is 9.55 Å². The van der Waals surface area contributed by atoms with E-state index in [9.17, 15) is 0 Å². The van der Waals surface area contributed by atoms with Crippen molar-refractivity contribution in [3.8, 4) is 17.1 Å². The van der Waals surface area contributed by atoms with Gasteiger partial charge in [0, 0.05) is 54.5 Å². The molecule has 0 fully saturated rings. The van der Waals surface area contributed by atoms with Gasteiger partial charge in [-0.15, -0.1) is 23.5 Å². The van der Waals surface area contributed by atoms with E-state index in [1.807, 2.05) is 42.0 Å². The third-order valence-corrected chi connectivity index (χ3v) is 13.6. The van der Waals surface area contributed by atoms with E-state index >= 15 is 0 Å². The minimum Gasteiger partial charge on any atom is -0.310 e. The highest BCUT2D eigenvalue weighted by atomic mass is 32.2. The Morgan fingerprint density at radius 1 is 0.518 bits per heavy atom. The molecule has 7 aromatic carbocycles. The molecule has 0 spiro atoms. The molecule has 2 unspecified atom stereocenters. The molecule has 4 nitrogen and oxygen atoms in total. The summed E-state index contributed by atoms with van der Waals surface area (Å²) >= 11 is 3.94. The van der Waals surface area contributed by atoms with Crippen LogP contribution in [0.2, 0.25) is 0 Å². The van der Waals surface area contributed by atoms with Crippen molar-refractivity contribution in [1.29, 1.82) is 0 Å². The zero-order valence-corrected chi connectivity index (χ0v) is 31.9. The van der Waals surface area contributed by atoms with E-state index < -0.39 is 0 Å². The minimum absolute atomic E-state index is 0.408. The fraction of sp³-hybridized carbons (Fsp3) is 0.0400. The number of imidazole rings is 1. The largest absolute Gasteiger partial charge is 0.310 e. The van der Waals surface area contributed by atoms with Crippen LogP contribution in [0.25, 0.3) is 59.5 Å². The van der Waals surface area contributed by atoms with Crippen LogP contribution >= 0.6 is 23.5 Å². The summed E-state index contributed by atoms with van der Waals surface area (Å²) < 4.78 is 2.25. The van der Waals surface area contributed by atoms with Crippen molar-refractivity contribution < 1.29 is 0 Å². The summed E-state index contributed by atoms with van der Waals surface area (Å²) in [6.45, 7) is 0. The second-order valence-electron chi connectivity index (χ2n) is 14.2. The molecule has 6 heteroatoms. The zero-order valence-electron chi connectivity index (χ0n) is 30.2. The molecule has 0 aliphatic carbocycles. The van der Waals surface area contributed by atoms with Gasteiger partial charge in [-0.1, -0.05) is 133 Å². The van der Waals surface area contributed by atoms with Gasteiger partial charge in [-0.05, 0) is 75.8 Å². The summed E-state index contributed by atoms with van der Waals surface area (Å²) in [7, 11) is 0. The first-order valence-electron chi connectivity index (χ1n) is 18.9. The van der Waals surface area contributed by atoms with Crippen LogP contribution in [0, 0.1) is 0 Å². The second kappa shape index (κ2) is 13.7. The van der Waals surface area contributed by atoms with Crippen molar-refractivity contribution >= 4 is 83.0 Å². The predicted octanol–water partition coefficient (Wildman–Crippen LogP) is 13.5. The Morgan fingerprint density at radius 3 is 1.91 bits per heavy atom. The van der Waals surface area contributed by atoms with Gasteiger partial charge in [-0.2, -0.15) is 0 Å². The SMILES string of the molecule is C1=C(c2ccc(-c3nc4cnccc4n3-c3ccc4ccccc4c3)cc2)SC2C=C(c3ccc(N(c4ccccc4)c4cccc5ccccc45)cc3)SC12. The summed E-state index contributed by atoms with van der Waals surface area (Å²) in [5.74, 6) is 0.915. The van der Waals surface area contributed by atoms with Crippen LogP contribution in [0.15, 0.2) is 194 Å². The molecule has 9 aromatic rings. The van der Waals surface area contributed by atoms with Crippen molar-refractivity contribution in [3.63, 3.8) is 0 Å². The minimum atomic E-state index is 0.408. The van der Waals surface area contributed by atoms with E-state index in [2.05, 4.69) is 190 Å². The fourth-order valence-corrected chi connectivity index (χ4v) is 11.0. The molecule has 0 bridgehead atoms. The first-order chi connectivity index (χ1) is 27.7. The Hall–Kier alpha value is -6.34. The van der Waals surface area contributed by atoms with E-state index in [1.54, 1.807) is 0 Å². The number of anilines is 3. The van der Waals surface area contributed by atoms with Crippen LogP contribution in [0.3, 0.4) is 0 Å². The number of pyridine rings is 1. The molecule has 4 heterocycles. The topological polar surface area (TPSA) is 34.0 Å². The van der Waals surface area contributed by atoms with Crippen LogP contribution in [-0.2, 0) is 0 Å². The van der Waals surface area contributed by atoms with E-state index in [0.29, 0.717) is 10.5 Å². The number of para-hydroxylation sites is 1. The monoisotopic (exact) mass is 754 g/mol. The highest BCUT2D eigenvalue weighted by molar-refractivity contribution is 8.14. The molecule has 0 radical (unpaired) electrons. The third kappa shape index (κ3) is 5.81. The Morgan fingerprint density at radius 2 is 1.14 bits per heavy atom. The highest BCUT2D eigenvalue weighted by Gasteiger charge is 2.34. The van der Waals surface area contributed by atoms with Crippen LogP contribution in [0.4, 0.5) is 17.1 Å². The number of hydrogen-bond acceptors (Lipinski definition) is 5. The highest BCUT2D eigenvalue weighted by Crippen LogP contribution is 2.53. The van der Waals surface area contributed by atoms with E-state index in [0.717, 1.165) is 39.5 Å². The zero-order chi connectivity index (χ0) is 37.0. The Bertz CT molecular complexity index is 2980. The Balaban J connectivity index is 0.841. The molecule has 2 aliphatic heterocycles. The summed E-state index contributed by atoms with van der Waals surface area (Å²) in [4.78, 5) is 14.5. The predicted molar refractivity (Wildman–Crippen MR) is 239 cm³/mol. The maximum absolute atomic E-state index is 5.07. The molecule has 2 aromatic heterocycles. The number of nitrogens with zero attached hydrogens (tertiary/aromatic N) is 4. The number of rotatable bonds is 7. The molecule has 0 saturated carbocycles. The second-order valence-corrected chi connectivity index (χ2v) is 16.6. The van der Waals surface area contributed by atoms with Gasteiger partial charge in [0.05, 0.1) is 17.4 Å². The summed E-state index contributed by atoms with van der Waals surface area (Å²) in [5, 5.41) is 5.71. The van der Waals surface area contributed by atoms with Crippen LogP contribution in [0.1, 0.15) is 11.1 Å². The van der Waals surface area contributed by atoms with Crippen molar-refractivity contribution in [2.24, 2.45) is 0 Å². The van der Waals surface area contributed by atoms with Gasteiger partial charge in [0.15, 0.2) is 0 Å². The van der Waals surface area contributed by atoms with Gasteiger partial charge in [0.2, 0.25) is 0 Å². The molecular weight excluding hydrogens is 721 g/mol. The molecule has 0 N–H and O–H groups in total. The summed E-state index contributed by atoms with van der Waals surface area (Å²) in [6, 6.07) is 61.0. The van der Waals surface area contributed by atoms with Gasteiger partial charge < -0.3 is 4.90 Å². The van der Waals surface area contributed by atoms with Gasteiger partial charge in [-0.25, -0.2) is 4.98 Å². The molecular formula is C50H34N4S2. The molecule has 2 aliphatic rings. The van der Waals surface area contributed by atoms with Crippen LogP contribution in [0.5, 0.6) is 0 Å². The first kappa shape index (κ1) is 33.0. The van der Waals surface area contributed by atoms with Crippen LogP contribution < -0.4 is 4.90 Å². The maximum Gasteiger partial charge on any atom is 0.145 e. The lowest BCUT2D eigenvalue weighted by Crippen LogP contribution is -2.10. The van der Waals surface area contributed by atoms with Crippen molar-refractivity contribution in [3.05, 3.63) is 206 Å². The van der Waals surface area contributed by atoms with Gasteiger partial charge in [0.25, 0.3) is 0 Å². The van der Waals surface area contributed by atoms with Crippen molar-refractivity contribution in [1.82, 2.24) is 14.5 Å². The molecule has 0 amide bonds. The molecule has 56 heavy (non-hydrogen) atoms. The standard InChI is InChI=1S/C50H34N4S2/c1-2-13-39(14-3-1)53(44-16-8-12-34-10-6-7-15-42(34)44)40-24-22-36(23-25-40)47-31-49-48(56-47)30-46(55-49)35-17-19-37(20-18-35)50-52-43-32-51-28-27-45(43)54(50)41-26-21-33-9-4-5-11-38(33)29-41/h1-32,48-49H. The lowest BCUT2D eigenvalue weighted by atomic mass is 10.1. The smallest absolute Gasteiger partial charge is 0.145 e. The lowest BCUT2D eigenvalue weighted by molar-refractivity contribution is 1.11. The first-order valence-corrected chi connectivity index (χ1v) is 20.6. The summed E-state index contributed by atoms with van der Waals surface area (Å²) in [5.41, 5.74) is 10.1. The number of aromatic nitrogens is 3. The van der Waals surface area contributed by atoms with Crippen LogP contribution in [-0.4, -0.2) is 25.0 Å². The molecule has 11 rings (SSSR count). The van der Waals surface area contributed by atoms with E-state index in [4.69, 9.17) is 4.98 Å². The van der Waals surface area contributed by atoms with Gasteiger partial charge in [0.1, 0.15) is 11.3 Å². The van der Waals surface area contributed by atoms with Gasteiger partial charge >= 0.3 is 0 Å². The number of benzene rings is 7. The van der Waals surface area contributed by atoms with Crippen molar-refractivity contribution in [2.75, 3.05) is 4.90 Å². The Kier molecular flexibility index (Phi) is 8.11. The number of fused-ring (bicyclic) bond motifs is 4. The maximum atomic E-state index is 5.07. The fourth-order valence-electron chi connectivity index (χ4n) is 8.06. The van der Waals surface area contributed by atoms with E-state index in [-0.39, 0.29) is 0 Å². The summed E-state index contributed by atoms with van der Waals surface area (Å²) in [6.07, 6.45) is 8.62. The molecule has 0 saturated heterocycles. The Labute approximate surface area is 333 Å². The quantitative estimate of drug-likeness (QED) is 0.162.